The van der Waals surface area contributed by atoms with E-state index in [1.165, 1.54) is 11.1 Å². The summed E-state index contributed by atoms with van der Waals surface area (Å²) in [4.78, 5) is 2.20. The van der Waals surface area contributed by atoms with Crippen LogP contribution >= 0.6 is 0 Å². The normalized spacial score (nSPS) is 10.4. The molecule has 1 aromatic carbocycles. The van der Waals surface area contributed by atoms with Crippen molar-refractivity contribution in [3.05, 3.63) is 59.5 Å². The van der Waals surface area contributed by atoms with Gasteiger partial charge in [0.05, 0.1) is 24.2 Å². The van der Waals surface area contributed by atoms with Crippen LogP contribution in [0.15, 0.2) is 47.3 Å². The lowest BCUT2D eigenvalue weighted by molar-refractivity contribution is 0.318. The topological polar surface area (TPSA) is 40.2 Å². The minimum absolute atomic E-state index is 0.700. The molecule has 0 saturated carbocycles. The van der Waals surface area contributed by atoms with Crippen LogP contribution in [0.4, 0.5) is 0 Å². The van der Waals surface area contributed by atoms with Gasteiger partial charge in [-0.1, -0.05) is 12.1 Å². The van der Waals surface area contributed by atoms with Crippen molar-refractivity contribution in [1.82, 2.24) is 4.90 Å². The first kappa shape index (κ1) is 11.4. The SMILES string of the molecule is CN(Cc1ccc(C#N)cc1)Cc1ccoc1. The van der Waals surface area contributed by atoms with E-state index in [9.17, 15) is 0 Å². The molecule has 0 aliphatic carbocycles. The van der Waals surface area contributed by atoms with Crippen molar-refractivity contribution in [2.75, 3.05) is 7.05 Å². The van der Waals surface area contributed by atoms with Gasteiger partial charge >= 0.3 is 0 Å². The molecule has 0 saturated heterocycles. The fourth-order valence-corrected chi connectivity index (χ4v) is 1.75. The van der Waals surface area contributed by atoms with Gasteiger partial charge in [0, 0.05) is 18.7 Å². The van der Waals surface area contributed by atoms with Crippen LogP contribution in [0.2, 0.25) is 0 Å². The second-order valence-corrected chi connectivity index (χ2v) is 4.11. The number of nitriles is 1. The van der Waals surface area contributed by atoms with Crippen molar-refractivity contribution in [2.24, 2.45) is 0 Å². The van der Waals surface area contributed by atoms with Crippen LogP contribution in [0.25, 0.3) is 0 Å². The van der Waals surface area contributed by atoms with Gasteiger partial charge in [-0.3, -0.25) is 4.90 Å². The summed E-state index contributed by atoms with van der Waals surface area (Å²) in [7, 11) is 2.06. The van der Waals surface area contributed by atoms with Crippen molar-refractivity contribution < 1.29 is 4.42 Å². The van der Waals surface area contributed by atoms with Crippen LogP contribution in [0.1, 0.15) is 16.7 Å². The first-order chi connectivity index (χ1) is 8.28. The first-order valence-electron chi connectivity index (χ1n) is 5.46. The Morgan fingerprint density at radius 3 is 2.41 bits per heavy atom. The minimum Gasteiger partial charge on any atom is -0.472 e. The molecular weight excluding hydrogens is 212 g/mol. The molecule has 3 nitrogen and oxygen atoms in total. The Balaban J connectivity index is 1.94. The van der Waals surface area contributed by atoms with Gasteiger partial charge in [0.1, 0.15) is 0 Å². The maximum atomic E-state index is 8.71. The number of furan rings is 1. The zero-order valence-corrected chi connectivity index (χ0v) is 9.76. The molecule has 86 valence electrons. The van der Waals surface area contributed by atoms with Crippen LogP contribution < -0.4 is 0 Å². The van der Waals surface area contributed by atoms with E-state index in [1.54, 1.807) is 12.5 Å². The Morgan fingerprint density at radius 2 is 1.82 bits per heavy atom. The lowest BCUT2D eigenvalue weighted by Crippen LogP contribution is -2.16. The van der Waals surface area contributed by atoms with E-state index in [-0.39, 0.29) is 0 Å². The van der Waals surface area contributed by atoms with Crippen LogP contribution in [0.3, 0.4) is 0 Å². The molecule has 0 bridgehead atoms. The van der Waals surface area contributed by atoms with Gasteiger partial charge in [0.2, 0.25) is 0 Å². The van der Waals surface area contributed by atoms with Gasteiger partial charge in [-0.25, -0.2) is 0 Å². The Labute approximate surface area is 101 Å². The highest BCUT2D eigenvalue weighted by molar-refractivity contribution is 5.31. The average Bonchev–Trinajstić information content (AvgIpc) is 2.82. The summed E-state index contributed by atoms with van der Waals surface area (Å²) >= 11 is 0. The number of hydrogen-bond donors (Lipinski definition) is 0. The van der Waals surface area contributed by atoms with Gasteiger partial charge < -0.3 is 4.42 Å². The van der Waals surface area contributed by atoms with Gasteiger partial charge in [-0.15, -0.1) is 0 Å². The zero-order valence-electron chi connectivity index (χ0n) is 9.76. The Morgan fingerprint density at radius 1 is 1.12 bits per heavy atom. The van der Waals surface area contributed by atoms with Gasteiger partial charge in [0.15, 0.2) is 0 Å². The lowest BCUT2D eigenvalue weighted by atomic mass is 10.1. The van der Waals surface area contributed by atoms with E-state index in [1.807, 2.05) is 30.3 Å². The fourth-order valence-electron chi connectivity index (χ4n) is 1.75. The van der Waals surface area contributed by atoms with Crippen molar-refractivity contribution >= 4 is 0 Å². The van der Waals surface area contributed by atoms with Gasteiger partial charge in [-0.05, 0) is 30.8 Å². The third-order valence-corrected chi connectivity index (χ3v) is 2.57. The summed E-state index contributed by atoms with van der Waals surface area (Å²) in [6, 6.07) is 11.8. The Hall–Kier alpha value is -2.05. The molecule has 0 fully saturated rings. The highest BCUT2D eigenvalue weighted by atomic mass is 16.3. The predicted octanol–water partition coefficient (Wildman–Crippen LogP) is 2.78. The summed E-state index contributed by atoms with van der Waals surface area (Å²) in [5, 5.41) is 8.71. The number of benzene rings is 1. The lowest BCUT2D eigenvalue weighted by Gasteiger charge is -2.15. The molecule has 0 unspecified atom stereocenters. The number of hydrogen-bond acceptors (Lipinski definition) is 3. The van der Waals surface area contributed by atoms with Crippen LogP contribution in [0.5, 0.6) is 0 Å². The molecule has 0 amide bonds. The van der Waals surface area contributed by atoms with Crippen LogP contribution in [-0.2, 0) is 13.1 Å². The molecule has 0 spiro atoms. The third-order valence-electron chi connectivity index (χ3n) is 2.57. The average molecular weight is 226 g/mol. The largest absolute Gasteiger partial charge is 0.472 e. The first-order valence-corrected chi connectivity index (χ1v) is 5.46. The summed E-state index contributed by atoms with van der Waals surface area (Å²) in [6.07, 6.45) is 3.44. The van der Waals surface area contributed by atoms with Gasteiger partial charge in [-0.2, -0.15) is 5.26 Å². The molecular formula is C14H14N2O. The van der Waals surface area contributed by atoms with Crippen molar-refractivity contribution in [3.8, 4) is 6.07 Å². The molecule has 1 aromatic heterocycles. The van der Waals surface area contributed by atoms with E-state index < -0.39 is 0 Å². The minimum atomic E-state index is 0.700. The second kappa shape index (κ2) is 5.33. The van der Waals surface area contributed by atoms with E-state index in [2.05, 4.69) is 18.0 Å². The third kappa shape index (κ3) is 3.20. The molecule has 1 heterocycles. The number of nitrogens with zero attached hydrogens (tertiary/aromatic N) is 2. The Kier molecular flexibility index (Phi) is 3.59. The molecule has 0 aliphatic heterocycles. The van der Waals surface area contributed by atoms with E-state index >= 15 is 0 Å². The fraction of sp³-hybridized carbons (Fsp3) is 0.214. The molecule has 0 atom stereocenters. The van der Waals surface area contributed by atoms with Crippen molar-refractivity contribution in [3.63, 3.8) is 0 Å². The molecule has 0 N–H and O–H groups in total. The van der Waals surface area contributed by atoms with Crippen molar-refractivity contribution in [1.29, 1.82) is 5.26 Å². The molecule has 0 radical (unpaired) electrons. The number of rotatable bonds is 4. The molecule has 3 heteroatoms. The monoisotopic (exact) mass is 226 g/mol. The summed E-state index contributed by atoms with van der Waals surface area (Å²) in [5.41, 5.74) is 3.07. The van der Waals surface area contributed by atoms with Crippen molar-refractivity contribution in [2.45, 2.75) is 13.1 Å². The highest BCUT2D eigenvalue weighted by Gasteiger charge is 2.02. The maximum Gasteiger partial charge on any atom is 0.0991 e. The summed E-state index contributed by atoms with van der Waals surface area (Å²) in [5.74, 6) is 0. The quantitative estimate of drug-likeness (QED) is 0.804. The molecule has 2 rings (SSSR count). The molecule has 17 heavy (non-hydrogen) atoms. The summed E-state index contributed by atoms with van der Waals surface area (Å²) in [6.45, 7) is 1.72. The predicted molar refractivity (Wildman–Crippen MR) is 65.0 cm³/mol. The van der Waals surface area contributed by atoms with Crippen LogP contribution in [0, 0.1) is 11.3 Å². The molecule has 2 aromatic rings. The Bertz CT molecular complexity index is 494. The smallest absolute Gasteiger partial charge is 0.0991 e. The highest BCUT2D eigenvalue weighted by Crippen LogP contribution is 2.09. The second-order valence-electron chi connectivity index (χ2n) is 4.11. The standard InChI is InChI=1S/C14H14N2O/c1-16(10-14-6-7-17-11-14)9-13-4-2-12(8-15)3-5-13/h2-7,11H,9-10H2,1H3. The van der Waals surface area contributed by atoms with Crippen LogP contribution in [-0.4, -0.2) is 11.9 Å². The van der Waals surface area contributed by atoms with Gasteiger partial charge in [0.25, 0.3) is 0 Å². The zero-order chi connectivity index (χ0) is 12.1. The van der Waals surface area contributed by atoms with E-state index in [4.69, 9.17) is 9.68 Å². The van der Waals surface area contributed by atoms with E-state index in [0.717, 1.165) is 13.1 Å². The summed E-state index contributed by atoms with van der Waals surface area (Å²) < 4.78 is 5.03. The molecule has 0 aliphatic rings. The maximum absolute atomic E-state index is 8.71. The van der Waals surface area contributed by atoms with E-state index in [0.29, 0.717) is 5.56 Å².